The molecule has 5 heterocycles. The first-order valence-electron chi connectivity index (χ1n) is 12.7. The van der Waals surface area contributed by atoms with Crippen LogP contribution in [-0.2, 0) is 6.42 Å². The molecule has 178 valence electrons. The van der Waals surface area contributed by atoms with Crippen molar-refractivity contribution in [1.29, 1.82) is 10.5 Å². The van der Waals surface area contributed by atoms with Gasteiger partial charge in [-0.15, -0.1) is 0 Å². The molecule has 2 aromatic rings. The van der Waals surface area contributed by atoms with Crippen molar-refractivity contribution in [1.82, 2.24) is 9.80 Å². The van der Waals surface area contributed by atoms with E-state index >= 15 is 0 Å². The highest BCUT2D eigenvalue weighted by molar-refractivity contribution is 5.68. The predicted molar refractivity (Wildman–Crippen MR) is 139 cm³/mol. The van der Waals surface area contributed by atoms with Gasteiger partial charge in [-0.05, 0) is 79.1 Å². The van der Waals surface area contributed by atoms with E-state index in [1.807, 2.05) is 12.1 Å². The van der Waals surface area contributed by atoms with Crippen molar-refractivity contribution in [3.8, 4) is 12.1 Å². The molecule has 0 N–H and O–H groups in total. The summed E-state index contributed by atoms with van der Waals surface area (Å²) in [4.78, 5) is 9.55. The minimum Gasteiger partial charge on any atom is -0.359 e. The molecule has 1 saturated heterocycles. The lowest BCUT2D eigenvalue weighted by molar-refractivity contribution is 0.172. The molecule has 0 aliphatic carbocycles. The van der Waals surface area contributed by atoms with Crippen molar-refractivity contribution in [3.05, 3.63) is 95.6 Å². The Hall–Kier alpha value is -4.16. The summed E-state index contributed by atoms with van der Waals surface area (Å²) < 4.78 is 0. The fourth-order valence-electron chi connectivity index (χ4n) is 7.58. The molecule has 7 rings (SSSR count). The van der Waals surface area contributed by atoms with Crippen LogP contribution < -0.4 is 9.80 Å². The molecule has 4 atom stereocenters. The van der Waals surface area contributed by atoms with Gasteiger partial charge in [0.1, 0.15) is 12.3 Å². The molecule has 0 radical (unpaired) electrons. The van der Waals surface area contributed by atoms with Crippen LogP contribution in [0.2, 0.25) is 0 Å². The molecule has 0 amide bonds. The van der Waals surface area contributed by atoms with E-state index in [1.54, 1.807) is 0 Å². The van der Waals surface area contributed by atoms with Crippen LogP contribution in [0.1, 0.15) is 47.4 Å². The first-order chi connectivity index (χ1) is 17.5. The van der Waals surface area contributed by atoms with Crippen LogP contribution in [0, 0.1) is 28.1 Å². The van der Waals surface area contributed by atoms with E-state index < -0.39 is 0 Å². The Morgan fingerprint density at radius 1 is 0.917 bits per heavy atom. The number of anilines is 2. The summed E-state index contributed by atoms with van der Waals surface area (Å²) in [5.74, 6) is 0.260. The third kappa shape index (κ3) is 2.65. The number of nitrogens with zero attached hydrogens (tertiary/aromatic N) is 6. The number of rotatable bonds is 0. The van der Waals surface area contributed by atoms with Crippen LogP contribution >= 0.6 is 0 Å². The fourth-order valence-corrected chi connectivity index (χ4v) is 7.58. The molecule has 6 nitrogen and oxygen atoms in total. The number of fused-ring (bicyclic) bond motifs is 6. The quantitative estimate of drug-likeness (QED) is 0.504. The van der Waals surface area contributed by atoms with Crippen molar-refractivity contribution >= 4 is 11.4 Å². The van der Waals surface area contributed by atoms with E-state index in [1.165, 1.54) is 16.8 Å². The minimum atomic E-state index is -0.142. The lowest BCUT2D eigenvalue weighted by Gasteiger charge is -2.53. The van der Waals surface area contributed by atoms with Crippen LogP contribution in [-0.4, -0.2) is 35.7 Å². The summed E-state index contributed by atoms with van der Waals surface area (Å²) in [6, 6.07) is 17.0. The molecule has 0 aromatic heterocycles. The summed E-state index contributed by atoms with van der Waals surface area (Å²) in [5, 5.41) is 19.4. The van der Waals surface area contributed by atoms with Crippen molar-refractivity contribution in [3.63, 3.8) is 0 Å². The van der Waals surface area contributed by atoms with E-state index in [9.17, 15) is 10.5 Å². The zero-order valence-electron chi connectivity index (χ0n) is 20.4. The number of nitriles is 2. The third-order valence-corrected chi connectivity index (χ3v) is 9.19. The second-order valence-electron chi connectivity index (χ2n) is 10.7. The Labute approximate surface area is 212 Å². The van der Waals surface area contributed by atoms with Gasteiger partial charge in [0.05, 0.1) is 23.3 Å². The lowest BCUT2D eigenvalue weighted by atomic mass is 9.59. The van der Waals surface area contributed by atoms with Gasteiger partial charge in [-0.3, -0.25) is 0 Å². The first-order valence-corrected chi connectivity index (χ1v) is 12.7. The predicted octanol–water partition coefficient (Wildman–Crippen LogP) is 4.98. The SMILES string of the molecule is C=C1Cc2cc(C#N)ccc2N2C=CN(C)C2CCC2c3cc(C#N)ccc3N3C=CN4CCC12C43. The van der Waals surface area contributed by atoms with E-state index in [2.05, 4.69) is 87.9 Å². The molecule has 1 fully saturated rings. The maximum absolute atomic E-state index is 9.75. The number of hydrogen-bond donors (Lipinski definition) is 0. The van der Waals surface area contributed by atoms with Gasteiger partial charge in [-0.25, -0.2) is 0 Å². The fraction of sp³-hybridized carbons (Fsp3) is 0.333. The van der Waals surface area contributed by atoms with Gasteiger partial charge in [0.15, 0.2) is 0 Å². The van der Waals surface area contributed by atoms with E-state index in [4.69, 9.17) is 6.58 Å². The normalized spacial score (nSPS) is 29.2. The molecule has 0 bridgehead atoms. The number of benzene rings is 2. The Bertz CT molecular complexity index is 1440. The van der Waals surface area contributed by atoms with Crippen molar-refractivity contribution in [2.75, 3.05) is 23.4 Å². The molecular weight excluding hydrogens is 444 g/mol. The summed E-state index contributed by atoms with van der Waals surface area (Å²) >= 11 is 0. The van der Waals surface area contributed by atoms with Crippen LogP contribution in [0.5, 0.6) is 0 Å². The van der Waals surface area contributed by atoms with E-state index in [0.29, 0.717) is 11.1 Å². The van der Waals surface area contributed by atoms with E-state index in [-0.39, 0.29) is 23.7 Å². The minimum absolute atomic E-state index is 0.142. The van der Waals surface area contributed by atoms with Crippen LogP contribution in [0.25, 0.3) is 0 Å². The molecule has 6 heteroatoms. The Morgan fingerprint density at radius 3 is 2.47 bits per heavy atom. The Kier molecular flexibility index (Phi) is 4.36. The van der Waals surface area contributed by atoms with Gasteiger partial charge < -0.3 is 19.6 Å². The van der Waals surface area contributed by atoms with Gasteiger partial charge in [0, 0.05) is 55.2 Å². The largest absolute Gasteiger partial charge is 0.359 e. The molecule has 0 saturated carbocycles. The lowest BCUT2D eigenvalue weighted by Crippen LogP contribution is -2.53. The molecular formula is C30H28N6. The van der Waals surface area contributed by atoms with Crippen molar-refractivity contribution in [2.24, 2.45) is 5.41 Å². The molecule has 36 heavy (non-hydrogen) atoms. The monoisotopic (exact) mass is 472 g/mol. The average Bonchev–Trinajstić information content (AvgIpc) is 3.60. The van der Waals surface area contributed by atoms with Gasteiger partial charge in [0.25, 0.3) is 0 Å². The Morgan fingerprint density at radius 2 is 1.67 bits per heavy atom. The van der Waals surface area contributed by atoms with Gasteiger partial charge in [-0.2, -0.15) is 10.5 Å². The number of hydrogen-bond acceptors (Lipinski definition) is 6. The summed E-state index contributed by atoms with van der Waals surface area (Å²) in [6.07, 6.45) is 12.9. The first kappa shape index (κ1) is 21.1. The van der Waals surface area contributed by atoms with Crippen LogP contribution in [0.3, 0.4) is 0 Å². The zero-order chi connectivity index (χ0) is 24.6. The smallest absolute Gasteiger partial charge is 0.115 e. The second kappa shape index (κ2) is 7.42. The highest BCUT2D eigenvalue weighted by atomic mass is 15.4. The standard InChI is InChI=1S/C30H28N6/c1-20-15-23-16-21(18-31)3-6-26(23)35-13-11-33(2)28(35)8-5-25-24-17-22(19-32)4-7-27(24)36-14-12-34-10-9-30(20,25)29(34)36/h3-4,6-7,11-14,16-17,25,28-29H,1,5,8-10,15H2,2H3. The van der Waals surface area contributed by atoms with Crippen LogP contribution in [0.15, 0.2) is 73.4 Å². The van der Waals surface area contributed by atoms with Gasteiger partial charge in [0.2, 0.25) is 0 Å². The summed E-state index contributed by atoms with van der Waals surface area (Å²) in [6.45, 7) is 5.79. The maximum atomic E-state index is 9.75. The average molecular weight is 473 g/mol. The molecule has 5 aliphatic rings. The maximum Gasteiger partial charge on any atom is 0.115 e. The van der Waals surface area contributed by atoms with Gasteiger partial charge >= 0.3 is 0 Å². The third-order valence-electron chi connectivity index (χ3n) is 9.19. The highest BCUT2D eigenvalue weighted by Gasteiger charge is 2.60. The topological polar surface area (TPSA) is 60.5 Å². The molecule has 1 spiro atoms. The molecule has 4 unspecified atom stereocenters. The second-order valence-corrected chi connectivity index (χ2v) is 10.7. The highest BCUT2D eigenvalue weighted by Crippen LogP contribution is 2.63. The van der Waals surface area contributed by atoms with Crippen molar-refractivity contribution < 1.29 is 0 Å². The van der Waals surface area contributed by atoms with Crippen molar-refractivity contribution in [2.45, 2.75) is 43.9 Å². The molecule has 2 aromatic carbocycles. The zero-order valence-corrected chi connectivity index (χ0v) is 20.4. The van der Waals surface area contributed by atoms with Gasteiger partial charge in [-0.1, -0.05) is 12.2 Å². The van der Waals surface area contributed by atoms with Crippen LogP contribution in [0.4, 0.5) is 11.4 Å². The molecule has 5 aliphatic heterocycles. The Balaban J connectivity index is 1.44. The summed E-state index contributed by atoms with van der Waals surface area (Å²) in [5.41, 5.74) is 7.30. The van der Waals surface area contributed by atoms with E-state index in [0.717, 1.165) is 43.5 Å². The summed E-state index contributed by atoms with van der Waals surface area (Å²) in [7, 11) is 2.15.